The summed E-state index contributed by atoms with van der Waals surface area (Å²) < 4.78 is 1.11. The van der Waals surface area contributed by atoms with E-state index in [9.17, 15) is 0 Å². The van der Waals surface area contributed by atoms with Gasteiger partial charge in [-0.2, -0.15) is 11.8 Å². The van der Waals surface area contributed by atoms with Gasteiger partial charge in [0.2, 0.25) is 0 Å². The van der Waals surface area contributed by atoms with Crippen LogP contribution in [0.5, 0.6) is 0 Å². The van der Waals surface area contributed by atoms with E-state index < -0.39 is 16.1 Å². The van der Waals surface area contributed by atoms with Crippen LogP contribution in [0.4, 0.5) is 0 Å². The molecule has 1 aliphatic rings. The molecule has 1 fully saturated rings. The summed E-state index contributed by atoms with van der Waals surface area (Å²) in [4.78, 5) is 0. The lowest BCUT2D eigenvalue weighted by molar-refractivity contribution is 1.03. The van der Waals surface area contributed by atoms with Crippen molar-refractivity contribution in [2.75, 3.05) is 5.75 Å². The van der Waals surface area contributed by atoms with Crippen molar-refractivity contribution in [3.05, 3.63) is 0 Å². The van der Waals surface area contributed by atoms with Crippen molar-refractivity contribution >= 4 is 27.9 Å². The zero-order valence-corrected chi connectivity index (χ0v) is 11.9. The van der Waals surface area contributed by atoms with Gasteiger partial charge in [-0.05, 0) is 16.7 Å². The third kappa shape index (κ3) is 2.39. The van der Waals surface area contributed by atoms with Crippen LogP contribution in [0.1, 0.15) is 6.42 Å². The van der Waals surface area contributed by atoms with E-state index in [1.807, 2.05) is 0 Å². The Kier molecular flexibility index (Phi) is 3.17. The topological polar surface area (TPSA) is 0 Å². The van der Waals surface area contributed by atoms with Crippen molar-refractivity contribution in [3.63, 3.8) is 0 Å². The molecule has 1 atom stereocenters. The molecule has 0 radical (unpaired) electrons. The van der Waals surface area contributed by atoms with Gasteiger partial charge in [0.1, 0.15) is 0 Å². The van der Waals surface area contributed by atoms with Gasteiger partial charge in [-0.15, -0.1) is 0 Å². The Morgan fingerprint density at radius 1 is 1.25 bits per heavy atom. The summed E-state index contributed by atoms with van der Waals surface area (Å²) in [5.74, 6) is 1.44. The average Bonchev–Trinajstić information content (AvgIpc) is 1.83. The molecule has 1 unspecified atom stereocenters. The molecule has 1 aliphatic heterocycles. The zero-order valence-electron chi connectivity index (χ0n) is 9.11. The van der Waals surface area contributed by atoms with Gasteiger partial charge in [-0.25, -0.2) is 0 Å². The maximum atomic E-state index is 2.60. The minimum absolute atomic E-state index is 0.831. The minimum atomic E-state index is -0.867. The molecule has 1 heterocycles. The fourth-order valence-electron chi connectivity index (χ4n) is 2.51. The van der Waals surface area contributed by atoms with Gasteiger partial charge in [-0.3, -0.25) is 0 Å². The van der Waals surface area contributed by atoms with E-state index in [2.05, 4.69) is 44.5 Å². The van der Waals surface area contributed by atoms with E-state index in [0.29, 0.717) is 0 Å². The molecule has 12 heavy (non-hydrogen) atoms. The van der Waals surface area contributed by atoms with Gasteiger partial charge < -0.3 is 0 Å². The highest BCUT2D eigenvalue weighted by Crippen LogP contribution is 2.38. The number of hydrogen-bond acceptors (Lipinski definition) is 1. The highest BCUT2D eigenvalue weighted by molar-refractivity contribution is 8.03. The molecule has 0 amide bonds. The summed E-state index contributed by atoms with van der Waals surface area (Å²) in [6, 6.07) is 1.58. The molecule has 0 spiro atoms. The molecule has 0 N–H and O–H groups in total. The monoisotopic (exact) mass is 218 g/mol. The smallest absolute Gasteiger partial charge is 0.0585 e. The predicted octanol–water partition coefficient (Wildman–Crippen LogP) is 3.62. The van der Waals surface area contributed by atoms with Crippen molar-refractivity contribution in [1.82, 2.24) is 0 Å². The second kappa shape index (κ2) is 3.50. The van der Waals surface area contributed by atoms with E-state index in [1.165, 1.54) is 12.2 Å². The number of thioether (sulfide) groups is 1. The lowest BCUT2D eigenvalue weighted by Gasteiger charge is -2.43. The van der Waals surface area contributed by atoms with Crippen LogP contribution in [0.15, 0.2) is 0 Å². The highest BCUT2D eigenvalue weighted by Gasteiger charge is 2.42. The molecule has 1 rings (SSSR count). The SMILES string of the molecule is C[Si](C)(C)C1SCCC[Si]1(C)C. The molecule has 1 saturated heterocycles. The average molecular weight is 219 g/mol. The molecule has 0 aromatic heterocycles. The van der Waals surface area contributed by atoms with Gasteiger partial charge >= 0.3 is 0 Å². The maximum Gasteiger partial charge on any atom is 0.0585 e. The Labute approximate surface area is 83.5 Å². The van der Waals surface area contributed by atoms with E-state index in [0.717, 1.165) is 4.50 Å². The lowest BCUT2D eigenvalue weighted by atomic mass is 10.6. The van der Waals surface area contributed by atoms with Crippen molar-refractivity contribution in [1.29, 1.82) is 0 Å². The van der Waals surface area contributed by atoms with Crippen LogP contribution in [0.2, 0.25) is 38.8 Å². The van der Waals surface area contributed by atoms with E-state index >= 15 is 0 Å². The molecule has 3 heteroatoms. The lowest BCUT2D eigenvalue weighted by Crippen LogP contribution is -2.55. The van der Waals surface area contributed by atoms with Crippen molar-refractivity contribution in [3.8, 4) is 0 Å². The Hall–Kier alpha value is 0.784. The first kappa shape index (κ1) is 10.9. The minimum Gasteiger partial charge on any atom is -0.165 e. The van der Waals surface area contributed by atoms with Crippen LogP contribution < -0.4 is 0 Å². The molecule has 0 bridgehead atoms. The van der Waals surface area contributed by atoms with Crippen LogP contribution in [-0.4, -0.2) is 26.4 Å². The first-order valence-electron chi connectivity index (χ1n) is 4.96. The van der Waals surface area contributed by atoms with Gasteiger partial charge in [-0.1, -0.05) is 38.8 Å². The van der Waals surface area contributed by atoms with E-state index in [1.54, 1.807) is 6.04 Å². The summed E-state index contributed by atoms with van der Waals surface area (Å²) in [7, 11) is -1.70. The molecule has 0 aliphatic carbocycles. The van der Waals surface area contributed by atoms with Gasteiger partial charge in [0.15, 0.2) is 0 Å². The quantitative estimate of drug-likeness (QED) is 0.606. The molecule has 0 aromatic carbocycles. The van der Waals surface area contributed by atoms with Crippen molar-refractivity contribution in [2.45, 2.75) is 49.7 Å². The first-order chi connectivity index (χ1) is 5.34. The number of rotatable bonds is 1. The van der Waals surface area contributed by atoms with Gasteiger partial charge in [0.25, 0.3) is 0 Å². The first-order valence-corrected chi connectivity index (χ1v) is 12.9. The third-order valence-corrected chi connectivity index (χ3v) is 18.2. The maximum absolute atomic E-state index is 2.60. The molecular weight excluding hydrogens is 196 g/mol. The van der Waals surface area contributed by atoms with Crippen LogP contribution in [0.3, 0.4) is 0 Å². The summed E-state index contributed by atoms with van der Waals surface area (Å²) in [5.41, 5.74) is 0. The molecular formula is C9H22SSi2. The standard InChI is InChI=1S/C9H22SSi2/c1-11(2,3)9-10-7-6-8-12(9,4)5/h9H,6-8H2,1-5H3. The van der Waals surface area contributed by atoms with Gasteiger partial charge in [0.05, 0.1) is 16.1 Å². The van der Waals surface area contributed by atoms with Crippen LogP contribution in [0.25, 0.3) is 0 Å². The van der Waals surface area contributed by atoms with Crippen molar-refractivity contribution in [2.24, 2.45) is 0 Å². The second-order valence-electron chi connectivity index (χ2n) is 5.71. The summed E-state index contributed by atoms with van der Waals surface area (Å²) in [6.45, 7) is 12.8. The fraction of sp³-hybridized carbons (Fsp3) is 1.00. The van der Waals surface area contributed by atoms with Crippen LogP contribution in [0, 0.1) is 0 Å². The molecule has 0 saturated carbocycles. The summed E-state index contributed by atoms with van der Waals surface area (Å²) in [6.07, 6.45) is 1.49. The van der Waals surface area contributed by atoms with E-state index in [-0.39, 0.29) is 0 Å². The Morgan fingerprint density at radius 2 is 1.83 bits per heavy atom. The molecule has 72 valence electrons. The Balaban J connectivity index is 2.73. The Bertz CT molecular complexity index is 160. The second-order valence-corrected chi connectivity index (χ2v) is 18.7. The fourth-order valence-corrected chi connectivity index (χ4v) is 19.3. The molecule has 0 nitrogen and oxygen atoms in total. The summed E-state index contributed by atoms with van der Waals surface area (Å²) >= 11 is 2.30. The van der Waals surface area contributed by atoms with Crippen LogP contribution in [-0.2, 0) is 0 Å². The van der Waals surface area contributed by atoms with Gasteiger partial charge in [0, 0.05) is 0 Å². The third-order valence-electron chi connectivity index (χ3n) is 2.75. The Morgan fingerprint density at radius 3 is 2.17 bits per heavy atom. The highest BCUT2D eigenvalue weighted by atomic mass is 32.2. The van der Waals surface area contributed by atoms with Crippen LogP contribution >= 0.6 is 11.8 Å². The zero-order chi connectivity index (χ0) is 9.41. The largest absolute Gasteiger partial charge is 0.165 e. The van der Waals surface area contributed by atoms with E-state index in [4.69, 9.17) is 0 Å². The molecule has 0 aromatic rings. The normalized spacial score (nSPS) is 30.2. The van der Waals surface area contributed by atoms with Crippen molar-refractivity contribution < 1.29 is 0 Å². The number of hydrogen-bond donors (Lipinski definition) is 0. The summed E-state index contributed by atoms with van der Waals surface area (Å²) in [5, 5.41) is 0. The predicted molar refractivity (Wildman–Crippen MR) is 66.5 cm³/mol.